The molecule has 82 valence electrons. The molecular formula is C10H15F3O. The molecule has 0 heterocycles. The largest absolute Gasteiger partial charge is 0.417 e. The van der Waals surface area contributed by atoms with Gasteiger partial charge in [-0.3, -0.25) is 0 Å². The molecular weight excluding hydrogens is 193 g/mol. The second-order valence-electron chi connectivity index (χ2n) is 4.95. The summed E-state index contributed by atoms with van der Waals surface area (Å²) in [7, 11) is 0. The summed E-state index contributed by atoms with van der Waals surface area (Å²) in [5.41, 5.74) is -2.40. The summed E-state index contributed by atoms with van der Waals surface area (Å²) in [6.45, 7) is 3.82. The van der Waals surface area contributed by atoms with E-state index in [0.717, 1.165) is 0 Å². The van der Waals surface area contributed by atoms with E-state index < -0.39 is 17.7 Å². The van der Waals surface area contributed by atoms with Crippen molar-refractivity contribution in [2.75, 3.05) is 0 Å². The van der Waals surface area contributed by atoms with Crippen molar-refractivity contribution in [1.29, 1.82) is 0 Å². The average molecular weight is 208 g/mol. The van der Waals surface area contributed by atoms with E-state index in [1.165, 1.54) is 0 Å². The maximum Gasteiger partial charge on any atom is 0.417 e. The van der Waals surface area contributed by atoms with Crippen molar-refractivity contribution < 1.29 is 18.3 Å². The molecule has 2 aliphatic rings. The van der Waals surface area contributed by atoms with Gasteiger partial charge >= 0.3 is 6.18 Å². The minimum absolute atomic E-state index is 0.0135. The highest BCUT2D eigenvalue weighted by molar-refractivity contribution is 5.09. The Labute approximate surface area is 81.3 Å². The number of alkyl halides is 3. The summed E-state index contributed by atoms with van der Waals surface area (Å²) in [5.74, 6) is -0.216. The van der Waals surface area contributed by atoms with E-state index in [-0.39, 0.29) is 18.3 Å². The predicted molar refractivity (Wildman–Crippen MR) is 45.5 cm³/mol. The van der Waals surface area contributed by atoms with E-state index in [1.807, 2.05) is 13.8 Å². The normalized spacial score (nSPS) is 52.7. The average Bonchev–Trinajstić information content (AvgIpc) is 2.50. The van der Waals surface area contributed by atoms with Crippen molar-refractivity contribution in [1.82, 2.24) is 0 Å². The topological polar surface area (TPSA) is 20.2 Å². The summed E-state index contributed by atoms with van der Waals surface area (Å²) < 4.78 is 38.0. The molecule has 2 rings (SSSR count). The van der Waals surface area contributed by atoms with Gasteiger partial charge in [-0.2, -0.15) is 13.2 Å². The zero-order valence-electron chi connectivity index (χ0n) is 8.30. The SMILES string of the molecule is CC1C2CC(C1C)C(O)(C(F)(F)F)C2. The lowest BCUT2D eigenvalue weighted by atomic mass is 9.72. The summed E-state index contributed by atoms with van der Waals surface area (Å²) >= 11 is 0. The number of fused-ring (bicyclic) bond motifs is 2. The van der Waals surface area contributed by atoms with Gasteiger partial charge in [-0.15, -0.1) is 0 Å². The molecule has 0 amide bonds. The number of hydrogen-bond donors (Lipinski definition) is 1. The van der Waals surface area contributed by atoms with E-state index in [9.17, 15) is 18.3 Å². The second-order valence-corrected chi connectivity index (χ2v) is 4.95. The summed E-state index contributed by atoms with van der Waals surface area (Å²) in [6, 6.07) is 0. The van der Waals surface area contributed by atoms with Gasteiger partial charge in [-0.05, 0) is 36.5 Å². The van der Waals surface area contributed by atoms with Gasteiger partial charge in [0, 0.05) is 0 Å². The van der Waals surface area contributed by atoms with Gasteiger partial charge in [-0.25, -0.2) is 0 Å². The Hall–Kier alpha value is -0.250. The Morgan fingerprint density at radius 1 is 1.21 bits per heavy atom. The van der Waals surface area contributed by atoms with Crippen LogP contribution < -0.4 is 0 Å². The molecule has 0 radical (unpaired) electrons. The van der Waals surface area contributed by atoms with Crippen molar-refractivity contribution in [2.45, 2.75) is 38.5 Å². The minimum atomic E-state index is -4.46. The number of aliphatic hydroxyl groups is 1. The van der Waals surface area contributed by atoms with Crippen LogP contribution in [0.5, 0.6) is 0 Å². The molecule has 1 N–H and O–H groups in total. The lowest BCUT2D eigenvalue weighted by Gasteiger charge is -2.40. The third-order valence-electron chi connectivity index (χ3n) is 4.44. The molecule has 1 nitrogen and oxygen atoms in total. The molecule has 2 saturated carbocycles. The molecule has 2 aliphatic carbocycles. The fourth-order valence-electron chi connectivity index (χ4n) is 3.33. The highest BCUT2D eigenvalue weighted by Crippen LogP contribution is 2.61. The first-order valence-electron chi connectivity index (χ1n) is 5.06. The third-order valence-corrected chi connectivity index (χ3v) is 4.44. The van der Waals surface area contributed by atoms with Crippen molar-refractivity contribution in [3.05, 3.63) is 0 Å². The molecule has 0 aliphatic heterocycles. The Morgan fingerprint density at radius 3 is 2.14 bits per heavy atom. The zero-order chi connectivity index (χ0) is 10.7. The maximum atomic E-state index is 12.7. The van der Waals surface area contributed by atoms with Crippen LogP contribution in [0.1, 0.15) is 26.7 Å². The number of hydrogen-bond acceptors (Lipinski definition) is 1. The van der Waals surface area contributed by atoms with Crippen LogP contribution in [0.25, 0.3) is 0 Å². The molecule has 0 saturated heterocycles. The van der Waals surface area contributed by atoms with Crippen LogP contribution in [0.2, 0.25) is 0 Å². The van der Waals surface area contributed by atoms with Crippen LogP contribution in [0.4, 0.5) is 13.2 Å². The van der Waals surface area contributed by atoms with Crippen molar-refractivity contribution in [3.8, 4) is 0 Å². The van der Waals surface area contributed by atoms with E-state index in [2.05, 4.69) is 0 Å². The second kappa shape index (κ2) is 2.65. The molecule has 14 heavy (non-hydrogen) atoms. The smallest absolute Gasteiger partial charge is 0.380 e. The van der Waals surface area contributed by atoms with Gasteiger partial charge < -0.3 is 5.11 Å². The maximum absolute atomic E-state index is 12.7. The molecule has 0 aromatic carbocycles. The monoisotopic (exact) mass is 208 g/mol. The van der Waals surface area contributed by atoms with Crippen LogP contribution in [-0.4, -0.2) is 16.9 Å². The first-order valence-corrected chi connectivity index (χ1v) is 5.06. The van der Waals surface area contributed by atoms with Crippen molar-refractivity contribution >= 4 is 0 Å². The fourth-order valence-corrected chi connectivity index (χ4v) is 3.33. The summed E-state index contributed by atoms with van der Waals surface area (Å²) in [6.07, 6.45) is -4.01. The minimum Gasteiger partial charge on any atom is -0.380 e. The lowest BCUT2D eigenvalue weighted by Crippen LogP contribution is -2.52. The molecule has 2 fully saturated rings. The molecule has 2 bridgehead atoms. The molecule has 4 heteroatoms. The van der Waals surface area contributed by atoms with Gasteiger partial charge in [-0.1, -0.05) is 13.8 Å². The lowest BCUT2D eigenvalue weighted by molar-refractivity contribution is -0.284. The Morgan fingerprint density at radius 2 is 1.79 bits per heavy atom. The van der Waals surface area contributed by atoms with E-state index >= 15 is 0 Å². The number of rotatable bonds is 0. The van der Waals surface area contributed by atoms with Crippen molar-refractivity contribution in [3.63, 3.8) is 0 Å². The predicted octanol–water partition coefficient (Wildman–Crippen LogP) is 2.59. The standard InChI is InChI=1S/C10H15F3O/c1-5-6(2)8-3-7(5)4-9(8,14)10(11,12)13/h5-8,14H,3-4H2,1-2H3. The van der Waals surface area contributed by atoms with Crippen LogP contribution in [-0.2, 0) is 0 Å². The molecule has 0 aromatic rings. The Kier molecular flexibility index (Phi) is 1.95. The van der Waals surface area contributed by atoms with E-state index in [0.29, 0.717) is 12.3 Å². The summed E-state index contributed by atoms with van der Waals surface area (Å²) in [5, 5.41) is 9.68. The number of halogens is 3. The van der Waals surface area contributed by atoms with Gasteiger partial charge in [0.05, 0.1) is 0 Å². The third kappa shape index (κ3) is 1.06. The van der Waals surface area contributed by atoms with Gasteiger partial charge in [0.15, 0.2) is 5.60 Å². The highest BCUT2D eigenvalue weighted by Gasteiger charge is 2.68. The van der Waals surface area contributed by atoms with Crippen molar-refractivity contribution in [2.24, 2.45) is 23.7 Å². The van der Waals surface area contributed by atoms with Gasteiger partial charge in [0.25, 0.3) is 0 Å². The molecule has 0 aromatic heterocycles. The van der Waals surface area contributed by atoms with E-state index in [1.54, 1.807) is 0 Å². The Bertz CT molecular complexity index is 248. The van der Waals surface area contributed by atoms with Gasteiger partial charge in [0.2, 0.25) is 0 Å². The molecule has 0 spiro atoms. The van der Waals surface area contributed by atoms with Crippen LogP contribution in [0.15, 0.2) is 0 Å². The van der Waals surface area contributed by atoms with Gasteiger partial charge in [0.1, 0.15) is 0 Å². The zero-order valence-corrected chi connectivity index (χ0v) is 8.30. The quantitative estimate of drug-likeness (QED) is 0.648. The first kappa shape index (κ1) is 10.3. The molecule has 5 unspecified atom stereocenters. The van der Waals surface area contributed by atoms with Crippen LogP contribution in [0, 0.1) is 23.7 Å². The molecule has 5 atom stereocenters. The first-order chi connectivity index (χ1) is 6.27. The summed E-state index contributed by atoms with van der Waals surface area (Å²) in [4.78, 5) is 0. The highest BCUT2D eigenvalue weighted by atomic mass is 19.4. The van der Waals surface area contributed by atoms with Crippen LogP contribution >= 0.6 is 0 Å². The van der Waals surface area contributed by atoms with Crippen LogP contribution in [0.3, 0.4) is 0 Å². The van der Waals surface area contributed by atoms with E-state index in [4.69, 9.17) is 0 Å². The fraction of sp³-hybridized carbons (Fsp3) is 1.00. The Balaban J connectivity index is 2.28.